The summed E-state index contributed by atoms with van der Waals surface area (Å²) in [6.45, 7) is 3.20. The van der Waals surface area contributed by atoms with E-state index in [1.165, 1.54) is 25.4 Å². The molecule has 1 saturated heterocycles. The van der Waals surface area contributed by atoms with Crippen molar-refractivity contribution < 1.29 is 9.53 Å². The number of carbonyl (C=O) groups is 1. The van der Waals surface area contributed by atoms with Gasteiger partial charge in [0.1, 0.15) is 0 Å². The largest absolute Gasteiger partial charge is 0.466 e. The van der Waals surface area contributed by atoms with Gasteiger partial charge in [0, 0.05) is 30.6 Å². The number of hydrogen-bond donors (Lipinski definition) is 0. The normalized spacial score (nSPS) is 23.6. The highest BCUT2D eigenvalue weighted by Gasteiger charge is 2.13. The van der Waals surface area contributed by atoms with Crippen LogP contribution in [0.1, 0.15) is 13.3 Å². The Morgan fingerprint density at radius 3 is 3.07 bits per heavy atom. The third kappa shape index (κ3) is 3.62. The lowest BCUT2D eigenvalue weighted by molar-refractivity contribution is -0.134. The molecule has 1 fully saturated rings. The van der Waals surface area contributed by atoms with Crippen molar-refractivity contribution in [3.8, 4) is 0 Å². The highest BCUT2D eigenvalue weighted by atomic mass is 32.2. The topological polar surface area (TPSA) is 29.5 Å². The Kier molecular flexibility index (Phi) is 4.87. The summed E-state index contributed by atoms with van der Waals surface area (Å²) < 4.78 is 4.55. The number of rotatable bonds is 2. The van der Waals surface area contributed by atoms with Crippen molar-refractivity contribution >= 4 is 17.7 Å². The lowest BCUT2D eigenvalue weighted by atomic mass is 10.2. The molecular formula is C10H17NO2S. The molecule has 1 rings (SSSR count). The van der Waals surface area contributed by atoms with Crippen molar-refractivity contribution in [1.82, 2.24) is 4.90 Å². The van der Waals surface area contributed by atoms with Crippen molar-refractivity contribution in [1.29, 1.82) is 0 Å². The zero-order chi connectivity index (χ0) is 10.4. The molecule has 0 bridgehead atoms. The van der Waals surface area contributed by atoms with Gasteiger partial charge in [-0.05, 0) is 19.1 Å². The van der Waals surface area contributed by atoms with Crippen LogP contribution in [0.2, 0.25) is 0 Å². The maximum atomic E-state index is 10.9. The summed E-state index contributed by atoms with van der Waals surface area (Å²) in [6.07, 6.45) is 4.52. The fourth-order valence-corrected chi connectivity index (χ4v) is 2.41. The molecular weight excluding hydrogens is 198 g/mol. The van der Waals surface area contributed by atoms with Gasteiger partial charge in [-0.15, -0.1) is 0 Å². The Balaban J connectivity index is 2.47. The molecule has 1 atom stereocenters. The van der Waals surface area contributed by atoms with Gasteiger partial charge >= 0.3 is 5.97 Å². The van der Waals surface area contributed by atoms with Gasteiger partial charge < -0.3 is 9.64 Å². The van der Waals surface area contributed by atoms with E-state index in [-0.39, 0.29) is 5.97 Å². The molecule has 80 valence electrons. The first-order valence-corrected chi connectivity index (χ1v) is 5.99. The van der Waals surface area contributed by atoms with Crippen LogP contribution < -0.4 is 0 Å². The molecule has 1 heterocycles. The van der Waals surface area contributed by atoms with Crippen LogP contribution in [0.5, 0.6) is 0 Å². The molecule has 3 nitrogen and oxygen atoms in total. The van der Waals surface area contributed by atoms with E-state index in [0.29, 0.717) is 6.04 Å². The first kappa shape index (κ1) is 11.4. The molecule has 4 heteroatoms. The number of hydrogen-bond acceptors (Lipinski definition) is 4. The van der Waals surface area contributed by atoms with E-state index in [2.05, 4.69) is 16.6 Å². The van der Waals surface area contributed by atoms with Crippen LogP contribution in [0, 0.1) is 0 Å². The number of ether oxygens (including phenoxy) is 1. The monoisotopic (exact) mass is 215 g/mol. The van der Waals surface area contributed by atoms with E-state index in [1.807, 2.05) is 18.0 Å². The highest BCUT2D eigenvalue weighted by Crippen LogP contribution is 2.15. The van der Waals surface area contributed by atoms with Gasteiger partial charge in [0.25, 0.3) is 0 Å². The number of methoxy groups -OCH3 is 1. The van der Waals surface area contributed by atoms with Gasteiger partial charge in [-0.2, -0.15) is 11.8 Å². The molecule has 0 radical (unpaired) electrons. The Labute approximate surface area is 89.5 Å². The SMILES string of the molecule is COC(=O)/C=C/N1CCSCCC1C. The Bertz CT molecular complexity index is 218. The van der Waals surface area contributed by atoms with Gasteiger partial charge in [-0.1, -0.05) is 0 Å². The second-order valence-corrected chi connectivity index (χ2v) is 4.55. The number of carbonyl (C=O) groups excluding carboxylic acids is 1. The van der Waals surface area contributed by atoms with E-state index in [9.17, 15) is 4.79 Å². The molecule has 0 aromatic heterocycles. The third-order valence-electron chi connectivity index (χ3n) is 2.34. The predicted molar refractivity (Wildman–Crippen MR) is 59.3 cm³/mol. The third-order valence-corrected chi connectivity index (χ3v) is 3.34. The van der Waals surface area contributed by atoms with E-state index < -0.39 is 0 Å². The van der Waals surface area contributed by atoms with Crippen LogP contribution in [0.15, 0.2) is 12.3 Å². The van der Waals surface area contributed by atoms with Gasteiger partial charge in [-0.3, -0.25) is 0 Å². The van der Waals surface area contributed by atoms with E-state index in [1.54, 1.807) is 0 Å². The molecule has 0 aliphatic carbocycles. The summed E-state index contributed by atoms with van der Waals surface area (Å²) in [7, 11) is 1.40. The summed E-state index contributed by atoms with van der Waals surface area (Å²) in [5.41, 5.74) is 0. The molecule has 0 amide bonds. The van der Waals surface area contributed by atoms with E-state index in [4.69, 9.17) is 0 Å². The molecule has 1 aliphatic heterocycles. The summed E-state index contributed by atoms with van der Waals surface area (Å²) in [4.78, 5) is 13.1. The summed E-state index contributed by atoms with van der Waals surface area (Å²) in [5, 5.41) is 0. The number of esters is 1. The second-order valence-electron chi connectivity index (χ2n) is 3.33. The van der Waals surface area contributed by atoms with Crippen molar-refractivity contribution in [2.45, 2.75) is 19.4 Å². The smallest absolute Gasteiger partial charge is 0.331 e. The van der Waals surface area contributed by atoms with Crippen molar-refractivity contribution in [3.05, 3.63) is 12.3 Å². The molecule has 1 aliphatic rings. The van der Waals surface area contributed by atoms with Crippen molar-refractivity contribution in [2.75, 3.05) is 25.2 Å². The van der Waals surface area contributed by atoms with Gasteiger partial charge in [0.15, 0.2) is 0 Å². The van der Waals surface area contributed by atoms with Gasteiger partial charge in [0.05, 0.1) is 7.11 Å². The zero-order valence-electron chi connectivity index (χ0n) is 8.73. The fourth-order valence-electron chi connectivity index (χ4n) is 1.36. The van der Waals surface area contributed by atoms with Crippen molar-refractivity contribution in [2.24, 2.45) is 0 Å². The van der Waals surface area contributed by atoms with E-state index in [0.717, 1.165) is 12.3 Å². The summed E-state index contributed by atoms with van der Waals surface area (Å²) in [5.74, 6) is 2.06. The zero-order valence-corrected chi connectivity index (χ0v) is 9.55. The first-order valence-electron chi connectivity index (χ1n) is 4.83. The number of thioether (sulfide) groups is 1. The summed E-state index contributed by atoms with van der Waals surface area (Å²) in [6, 6.07) is 0.519. The van der Waals surface area contributed by atoms with Crippen molar-refractivity contribution in [3.63, 3.8) is 0 Å². The predicted octanol–water partition coefficient (Wildman–Crippen LogP) is 1.50. The minimum absolute atomic E-state index is 0.283. The average molecular weight is 215 g/mol. The molecule has 0 N–H and O–H groups in total. The van der Waals surface area contributed by atoms with E-state index >= 15 is 0 Å². The Hall–Kier alpha value is -0.640. The molecule has 0 aromatic carbocycles. The fraction of sp³-hybridized carbons (Fsp3) is 0.700. The van der Waals surface area contributed by atoms with Crippen LogP contribution in [-0.4, -0.2) is 42.1 Å². The number of nitrogens with zero attached hydrogens (tertiary/aromatic N) is 1. The lowest BCUT2D eigenvalue weighted by Crippen LogP contribution is -2.28. The quantitative estimate of drug-likeness (QED) is 0.516. The maximum Gasteiger partial charge on any atom is 0.331 e. The highest BCUT2D eigenvalue weighted by molar-refractivity contribution is 7.99. The van der Waals surface area contributed by atoms with Crippen LogP contribution in [0.4, 0.5) is 0 Å². The molecule has 1 unspecified atom stereocenters. The Morgan fingerprint density at radius 2 is 2.36 bits per heavy atom. The standard InChI is InChI=1S/C10H17NO2S/c1-9-4-7-14-8-6-11(9)5-3-10(12)13-2/h3,5,9H,4,6-8H2,1-2H3/b5-3+. The lowest BCUT2D eigenvalue weighted by Gasteiger charge is -2.24. The minimum atomic E-state index is -0.283. The Morgan fingerprint density at radius 1 is 1.57 bits per heavy atom. The summed E-state index contributed by atoms with van der Waals surface area (Å²) >= 11 is 1.97. The minimum Gasteiger partial charge on any atom is -0.466 e. The second kappa shape index (κ2) is 5.96. The molecule has 14 heavy (non-hydrogen) atoms. The average Bonchev–Trinajstić information content (AvgIpc) is 2.39. The first-order chi connectivity index (χ1) is 6.74. The van der Waals surface area contributed by atoms with Crippen LogP contribution in [0.3, 0.4) is 0 Å². The molecule has 0 spiro atoms. The van der Waals surface area contributed by atoms with Gasteiger partial charge in [-0.25, -0.2) is 4.79 Å². The molecule has 0 aromatic rings. The van der Waals surface area contributed by atoms with Crippen LogP contribution >= 0.6 is 11.8 Å². The van der Waals surface area contributed by atoms with Gasteiger partial charge in [0.2, 0.25) is 0 Å². The molecule has 0 saturated carbocycles. The maximum absolute atomic E-state index is 10.9. The van der Waals surface area contributed by atoms with Crippen LogP contribution in [-0.2, 0) is 9.53 Å². The van der Waals surface area contributed by atoms with Crippen LogP contribution in [0.25, 0.3) is 0 Å².